The SMILES string of the molecule is COC(=O)c1cnc(NC(=O)CC2C=CCC2)s1. The van der Waals surface area contributed by atoms with Crippen molar-refractivity contribution >= 4 is 28.3 Å². The van der Waals surface area contributed by atoms with Crippen molar-refractivity contribution in [2.75, 3.05) is 12.4 Å². The van der Waals surface area contributed by atoms with E-state index in [2.05, 4.69) is 27.2 Å². The number of nitrogens with zero attached hydrogens (tertiary/aromatic N) is 1. The molecular weight excluding hydrogens is 252 g/mol. The zero-order valence-electron chi connectivity index (χ0n) is 10.0. The van der Waals surface area contributed by atoms with Gasteiger partial charge < -0.3 is 10.1 Å². The van der Waals surface area contributed by atoms with E-state index in [0.717, 1.165) is 24.2 Å². The van der Waals surface area contributed by atoms with E-state index in [4.69, 9.17) is 0 Å². The molecule has 1 aromatic heterocycles. The van der Waals surface area contributed by atoms with Crippen LogP contribution in [-0.4, -0.2) is 24.0 Å². The fourth-order valence-corrected chi connectivity index (χ4v) is 2.55. The minimum absolute atomic E-state index is 0.0719. The van der Waals surface area contributed by atoms with E-state index in [9.17, 15) is 9.59 Å². The van der Waals surface area contributed by atoms with Crippen molar-refractivity contribution in [3.63, 3.8) is 0 Å². The molecule has 0 bridgehead atoms. The number of anilines is 1. The second-order valence-electron chi connectivity index (χ2n) is 4.04. The third-order valence-corrected chi connectivity index (χ3v) is 3.59. The number of esters is 1. The minimum atomic E-state index is -0.438. The number of thiazole rings is 1. The fraction of sp³-hybridized carbons (Fsp3) is 0.417. The number of ether oxygens (including phenoxy) is 1. The van der Waals surface area contributed by atoms with Crippen molar-refractivity contribution < 1.29 is 14.3 Å². The Morgan fingerprint density at radius 1 is 1.61 bits per heavy atom. The molecule has 1 aromatic rings. The molecule has 1 atom stereocenters. The first kappa shape index (κ1) is 12.8. The molecule has 1 N–H and O–H groups in total. The van der Waals surface area contributed by atoms with Crippen LogP contribution in [0.1, 0.15) is 28.9 Å². The van der Waals surface area contributed by atoms with Crippen LogP contribution in [0, 0.1) is 5.92 Å². The smallest absolute Gasteiger partial charge is 0.349 e. The quantitative estimate of drug-likeness (QED) is 0.670. The van der Waals surface area contributed by atoms with Crippen molar-refractivity contribution in [1.29, 1.82) is 0 Å². The van der Waals surface area contributed by atoms with Gasteiger partial charge in [0.2, 0.25) is 5.91 Å². The van der Waals surface area contributed by atoms with Crippen LogP contribution in [0.5, 0.6) is 0 Å². The van der Waals surface area contributed by atoms with Gasteiger partial charge in [0, 0.05) is 6.42 Å². The van der Waals surface area contributed by atoms with E-state index in [1.165, 1.54) is 13.3 Å². The van der Waals surface area contributed by atoms with Gasteiger partial charge in [-0.25, -0.2) is 9.78 Å². The van der Waals surface area contributed by atoms with Crippen molar-refractivity contribution in [2.24, 2.45) is 5.92 Å². The van der Waals surface area contributed by atoms with Gasteiger partial charge in [-0.15, -0.1) is 0 Å². The lowest BCUT2D eigenvalue weighted by Gasteiger charge is -2.06. The highest BCUT2D eigenvalue weighted by Gasteiger charge is 2.16. The molecule has 0 spiro atoms. The van der Waals surface area contributed by atoms with Crippen LogP contribution in [0.15, 0.2) is 18.3 Å². The van der Waals surface area contributed by atoms with E-state index < -0.39 is 5.97 Å². The summed E-state index contributed by atoms with van der Waals surface area (Å²) in [6.07, 6.45) is 8.10. The summed E-state index contributed by atoms with van der Waals surface area (Å²) in [5, 5.41) is 3.13. The molecule has 0 fully saturated rings. The Balaban J connectivity index is 1.88. The molecule has 6 heteroatoms. The molecule has 0 radical (unpaired) electrons. The number of amides is 1. The van der Waals surface area contributed by atoms with Gasteiger partial charge in [-0.2, -0.15) is 0 Å². The number of rotatable bonds is 4. The number of methoxy groups -OCH3 is 1. The molecule has 0 aliphatic heterocycles. The molecular formula is C12H14N2O3S. The molecule has 1 aliphatic carbocycles. The van der Waals surface area contributed by atoms with Gasteiger partial charge >= 0.3 is 5.97 Å². The maximum absolute atomic E-state index is 11.7. The number of hydrogen-bond donors (Lipinski definition) is 1. The van der Waals surface area contributed by atoms with Gasteiger partial charge in [0.15, 0.2) is 5.13 Å². The van der Waals surface area contributed by atoms with Crippen molar-refractivity contribution in [3.8, 4) is 0 Å². The van der Waals surface area contributed by atoms with Crippen LogP contribution < -0.4 is 5.32 Å². The fourth-order valence-electron chi connectivity index (χ4n) is 1.80. The van der Waals surface area contributed by atoms with E-state index in [-0.39, 0.29) is 5.91 Å². The predicted octanol–water partition coefficient (Wildman–Crippen LogP) is 2.22. The molecule has 1 aliphatic rings. The Morgan fingerprint density at radius 2 is 2.44 bits per heavy atom. The van der Waals surface area contributed by atoms with Gasteiger partial charge in [0.05, 0.1) is 13.3 Å². The summed E-state index contributed by atoms with van der Waals surface area (Å²) in [6, 6.07) is 0. The summed E-state index contributed by atoms with van der Waals surface area (Å²) < 4.78 is 4.57. The monoisotopic (exact) mass is 266 g/mol. The van der Waals surface area contributed by atoms with E-state index >= 15 is 0 Å². The minimum Gasteiger partial charge on any atom is -0.465 e. The van der Waals surface area contributed by atoms with Crippen molar-refractivity contribution in [3.05, 3.63) is 23.2 Å². The van der Waals surface area contributed by atoms with Gasteiger partial charge in [0.1, 0.15) is 4.88 Å². The lowest BCUT2D eigenvalue weighted by molar-refractivity contribution is -0.116. The molecule has 1 heterocycles. The highest BCUT2D eigenvalue weighted by atomic mass is 32.1. The lowest BCUT2D eigenvalue weighted by Crippen LogP contribution is -2.14. The molecule has 2 rings (SSSR count). The Bertz CT molecular complexity index is 481. The zero-order valence-corrected chi connectivity index (χ0v) is 10.8. The summed E-state index contributed by atoms with van der Waals surface area (Å²) in [5.74, 6) is -0.186. The lowest BCUT2D eigenvalue weighted by atomic mass is 10.1. The predicted molar refractivity (Wildman–Crippen MR) is 68.6 cm³/mol. The Kier molecular flexibility index (Phi) is 4.09. The second-order valence-corrected chi connectivity index (χ2v) is 5.07. The van der Waals surface area contributed by atoms with Crippen LogP contribution in [-0.2, 0) is 9.53 Å². The molecule has 96 valence electrons. The second kappa shape index (κ2) is 5.77. The molecule has 5 nitrogen and oxygen atoms in total. The molecule has 1 unspecified atom stereocenters. The van der Waals surface area contributed by atoms with Crippen LogP contribution >= 0.6 is 11.3 Å². The highest BCUT2D eigenvalue weighted by molar-refractivity contribution is 7.17. The highest BCUT2D eigenvalue weighted by Crippen LogP contribution is 2.22. The first-order valence-corrected chi connectivity index (χ1v) is 6.51. The van der Waals surface area contributed by atoms with Crippen LogP contribution in [0.3, 0.4) is 0 Å². The topological polar surface area (TPSA) is 68.3 Å². The molecule has 0 saturated heterocycles. The van der Waals surface area contributed by atoms with Gasteiger partial charge in [-0.1, -0.05) is 23.5 Å². The van der Waals surface area contributed by atoms with Crippen LogP contribution in [0.2, 0.25) is 0 Å². The summed E-state index contributed by atoms with van der Waals surface area (Å²) >= 11 is 1.12. The summed E-state index contributed by atoms with van der Waals surface area (Å²) in [4.78, 5) is 27.3. The third kappa shape index (κ3) is 3.16. The Morgan fingerprint density at radius 3 is 3.11 bits per heavy atom. The maximum atomic E-state index is 11.7. The standard InChI is InChI=1S/C12H14N2O3S/c1-17-11(16)9-7-13-12(18-9)14-10(15)6-8-4-2-3-5-8/h2,4,7-8H,3,5-6H2,1H3,(H,13,14,15). The molecule has 1 amide bonds. The first-order chi connectivity index (χ1) is 8.69. The van der Waals surface area contributed by atoms with E-state index in [0.29, 0.717) is 22.3 Å². The normalized spacial score (nSPS) is 17.7. The number of carbonyl (C=O) groups excluding carboxylic acids is 2. The average molecular weight is 266 g/mol. The summed E-state index contributed by atoms with van der Waals surface area (Å²) in [5.41, 5.74) is 0. The van der Waals surface area contributed by atoms with Crippen LogP contribution in [0.25, 0.3) is 0 Å². The Hall–Kier alpha value is -1.69. The summed E-state index contributed by atoms with van der Waals surface area (Å²) in [6.45, 7) is 0. The summed E-state index contributed by atoms with van der Waals surface area (Å²) in [7, 11) is 1.31. The number of carbonyl (C=O) groups is 2. The van der Waals surface area contributed by atoms with Gasteiger partial charge in [-0.05, 0) is 18.8 Å². The van der Waals surface area contributed by atoms with E-state index in [1.54, 1.807) is 0 Å². The van der Waals surface area contributed by atoms with Crippen molar-refractivity contribution in [1.82, 2.24) is 4.98 Å². The number of hydrogen-bond acceptors (Lipinski definition) is 5. The maximum Gasteiger partial charge on any atom is 0.349 e. The number of aromatic nitrogens is 1. The van der Waals surface area contributed by atoms with Gasteiger partial charge in [-0.3, -0.25) is 4.79 Å². The van der Waals surface area contributed by atoms with E-state index in [1.807, 2.05) is 0 Å². The number of nitrogens with one attached hydrogen (secondary N) is 1. The first-order valence-electron chi connectivity index (χ1n) is 5.69. The molecule has 18 heavy (non-hydrogen) atoms. The number of allylic oxidation sites excluding steroid dienone is 2. The van der Waals surface area contributed by atoms with Crippen molar-refractivity contribution in [2.45, 2.75) is 19.3 Å². The molecule has 0 saturated carbocycles. The molecule has 0 aromatic carbocycles. The largest absolute Gasteiger partial charge is 0.465 e. The zero-order chi connectivity index (χ0) is 13.0. The van der Waals surface area contributed by atoms with Crippen LogP contribution in [0.4, 0.5) is 5.13 Å². The average Bonchev–Trinajstić information content (AvgIpc) is 2.99. The third-order valence-electron chi connectivity index (χ3n) is 2.70. The Labute approximate surface area is 109 Å². The van der Waals surface area contributed by atoms with Gasteiger partial charge in [0.25, 0.3) is 0 Å².